The molecule has 0 unspecified atom stereocenters. The fraction of sp³-hybridized carbons (Fsp3) is 0.0625. The molecule has 2 N–H and O–H groups in total. The molecule has 2 aromatic carbocycles. The van der Waals surface area contributed by atoms with E-state index in [1.54, 1.807) is 18.2 Å². The number of hydrogen-bond acceptors (Lipinski definition) is 5. The largest absolute Gasteiger partial charge is 0.339 e. The van der Waals surface area contributed by atoms with Gasteiger partial charge >= 0.3 is 0 Å². The first-order valence-electron chi connectivity index (χ1n) is 6.97. The lowest BCUT2D eigenvalue weighted by Crippen LogP contribution is -2.03. The summed E-state index contributed by atoms with van der Waals surface area (Å²) in [5.74, 6) is 0.871. The summed E-state index contributed by atoms with van der Waals surface area (Å²) in [6, 6.07) is 10.8. The molecule has 0 spiro atoms. The number of nitrogens with one attached hydrogen (secondary N) is 2. The quantitative estimate of drug-likeness (QED) is 0.614. The number of anilines is 4. The Morgan fingerprint density at radius 3 is 2.54 bits per heavy atom. The molecule has 8 heteroatoms. The average Bonchev–Trinajstić information content (AvgIpc) is 2.56. The van der Waals surface area contributed by atoms with Crippen LogP contribution in [0.4, 0.5) is 23.1 Å². The molecule has 0 saturated heterocycles. The van der Waals surface area contributed by atoms with E-state index in [-0.39, 0.29) is 0 Å². The van der Waals surface area contributed by atoms with Gasteiger partial charge in [-0.2, -0.15) is 10.1 Å². The van der Waals surface area contributed by atoms with Gasteiger partial charge < -0.3 is 10.6 Å². The van der Waals surface area contributed by atoms with Crippen LogP contribution >= 0.6 is 34.8 Å². The van der Waals surface area contributed by atoms with Crippen LogP contribution in [0.1, 0.15) is 5.56 Å². The van der Waals surface area contributed by atoms with Gasteiger partial charge in [-0.05, 0) is 42.8 Å². The van der Waals surface area contributed by atoms with Gasteiger partial charge in [0.25, 0.3) is 0 Å². The van der Waals surface area contributed by atoms with Gasteiger partial charge in [-0.25, -0.2) is 0 Å². The maximum absolute atomic E-state index is 6.12. The summed E-state index contributed by atoms with van der Waals surface area (Å²) in [4.78, 5) is 4.37. The van der Waals surface area contributed by atoms with Crippen molar-refractivity contribution < 1.29 is 0 Å². The van der Waals surface area contributed by atoms with E-state index in [0.717, 1.165) is 11.3 Å². The lowest BCUT2D eigenvalue weighted by atomic mass is 10.2. The molecule has 0 bridgehead atoms. The predicted octanol–water partition coefficient (Wildman–Crippen LogP) is 5.63. The Kier molecular flexibility index (Phi) is 5.04. The van der Waals surface area contributed by atoms with Crippen LogP contribution in [-0.4, -0.2) is 15.2 Å². The highest BCUT2D eigenvalue weighted by Gasteiger charge is 2.06. The van der Waals surface area contributed by atoms with Crippen LogP contribution in [0.25, 0.3) is 0 Å². The molecule has 0 amide bonds. The minimum atomic E-state index is 0.332. The van der Waals surface area contributed by atoms with E-state index < -0.39 is 0 Å². The zero-order valence-corrected chi connectivity index (χ0v) is 14.8. The number of nitrogens with zero attached hydrogens (tertiary/aromatic N) is 3. The van der Waals surface area contributed by atoms with E-state index in [1.807, 2.05) is 25.1 Å². The fourth-order valence-electron chi connectivity index (χ4n) is 2.00. The maximum Gasteiger partial charge on any atom is 0.249 e. The van der Waals surface area contributed by atoms with E-state index in [2.05, 4.69) is 25.8 Å². The Morgan fingerprint density at radius 1 is 0.917 bits per heavy atom. The second-order valence-corrected chi connectivity index (χ2v) is 6.18. The molecule has 0 aliphatic rings. The normalized spacial score (nSPS) is 10.5. The van der Waals surface area contributed by atoms with Crippen LogP contribution in [0.2, 0.25) is 15.1 Å². The van der Waals surface area contributed by atoms with E-state index in [9.17, 15) is 0 Å². The Hall–Kier alpha value is -2.08. The van der Waals surface area contributed by atoms with Crippen LogP contribution in [0, 0.1) is 6.92 Å². The van der Waals surface area contributed by atoms with E-state index >= 15 is 0 Å². The predicted molar refractivity (Wildman–Crippen MR) is 99.0 cm³/mol. The van der Waals surface area contributed by atoms with Gasteiger partial charge in [-0.1, -0.05) is 40.9 Å². The molecule has 0 saturated carbocycles. The van der Waals surface area contributed by atoms with Gasteiger partial charge in [0.2, 0.25) is 5.95 Å². The van der Waals surface area contributed by atoms with Crippen LogP contribution in [0.3, 0.4) is 0 Å². The third-order valence-electron chi connectivity index (χ3n) is 3.27. The topological polar surface area (TPSA) is 62.7 Å². The highest BCUT2D eigenvalue weighted by molar-refractivity contribution is 6.42. The summed E-state index contributed by atoms with van der Waals surface area (Å²) in [6.07, 6.45) is 1.53. The lowest BCUT2D eigenvalue weighted by molar-refractivity contribution is 0.982. The van der Waals surface area contributed by atoms with Gasteiger partial charge in [-0.15, -0.1) is 5.10 Å². The van der Waals surface area contributed by atoms with E-state index in [1.165, 1.54) is 6.20 Å². The smallest absolute Gasteiger partial charge is 0.249 e. The molecule has 0 fully saturated rings. The highest BCUT2D eigenvalue weighted by Crippen LogP contribution is 2.27. The average molecular weight is 381 g/mol. The van der Waals surface area contributed by atoms with Crippen molar-refractivity contribution in [2.24, 2.45) is 0 Å². The van der Waals surface area contributed by atoms with Gasteiger partial charge in [-0.3, -0.25) is 0 Å². The van der Waals surface area contributed by atoms with Crippen LogP contribution in [0.5, 0.6) is 0 Å². The summed E-state index contributed by atoms with van der Waals surface area (Å²) in [6.45, 7) is 1.92. The Labute approximate surface area is 154 Å². The van der Waals surface area contributed by atoms with Crippen LogP contribution in [0.15, 0.2) is 42.6 Å². The van der Waals surface area contributed by atoms with Gasteiger partial charge in [0.05, 0.1) is 16.2 Å². The monoisotopic (exact) mass is 379 g/mol. The Morgan fingerprint density at radius 2 is 1.75 bits per heavy atom. The molecule has 5 nitrogen and oxygen atoms in total. The lowest BCUT2D eigenvalue weighted by Gasteiger charge is -2.10. The SMILES string of the molecule is Cc1c(Cl)cccc1Nc1cnnc(Nc2ccc(Cl)c(Cl)c2)n1. The number of hydrogen-bond donors (Lipinski definition) is 2. The van der Waals surface area contributed by atoms with Crippen molar-refractivity contribution in [2.45, 2.75) is 6.92 Å². The molecule has 0 aliphatic carbocycles. The summed E-state index contributed by atoms with van der Waals surface area (Å²) in [5.41, 5.74) is 2.49. The first kappa shape index (κ1) is 16.8. The van der Waals surface area contributed by atoms with Crippen molar-refractivity contribution >= 4 is 57.9 Å². The number of rotatable bonds is 4. The van der Waals surface area contributed by atoms with E-state index in [4.69, 9.17) is 34.8 Å². The molecule has 0 aliphatic heterocycles. The van der Waals surface area contributed by atoms with Crippen molar-refractivity contribution in [3.8, 4) is 0 Å². The third kappa shape index (κ3) is 3.87. The van der Waals surface area contributed by atoms with Crippen molar-refractivity contribution in [1.29, 1.82) is 0 Å². The molecule has 0 radical (unpaired) electrons. The molecule has 3 rings (SSSR count). The first-order valence-corrected chi connectivity index (χ1v) is 8.10. The highest BCUT2D eigenvalue weighted by atomic mass is 35.5. The fourth-order valence-corrected chi connectivity index (χ4v) is 2.47. The Bertz CT molecular complexity index is 885. The molecule has 122 valence electrons. The molecule has 3 aromatic rings. The van der Waals surface area contributed by atoms with Crippen molar-refractivity contribution in [1.82, 2.24) is 15.2 Å². The number of aromatic nitrogens is 3. The summed E-state index contributed by atoms with van der Waals surface area (Å²) in [7, 11) is 0. The van der Waals surface area contributed by atoms with Gasteiger partial charge in [0, 0.05) is 16.4 Å². The third-order valence-corrected chi connectivity index (χ3v) is 4.41. The summed E-state index contributed by atoms with van der Waals surface area (Å²) >= 11 is 18.0. The zero-order chi connectivity index (χ0) is 17.1. The van der Waals surface area contributed by atoms with Crippen LogP contribution < -0.4 is 10.6 Å². The number of benzene rings is 2. The second-order valence-electron chi connectivity index (χ2n) is 4.96. The van der Waals surface area contributed by atoms with Crippen molar-refractivity contribution in [3.05, 3.63) is 63.2 Å². The van der Waals surface area contributed by atoms with Gasteiger partial charge in [0.1, 0.15) is 0 Å². The molecule has 0 atom stereocenters. The summed E-state index contributed by atoms with van der Waals surface area (Å²) in [5, 5.41) is 15.7. The van der Waals surface area contributed by atoms with Crippen molar-refractivity contribution in [2.75, 3.05) is 10.6 Å². The second kappa shape index (κ2) is 7.21. The summed E-state index contributed by atoms with van der Waals surface area (Å²) < 4.78 is 0. The standard InChI is InChI=1S/C16H12Cl3N5/c1-9-11(17)3-2-4-14(9)22-15-8-20-24-16(23-15)21-10-5-6-12(18)13(19)7-10/h2-8H,1H3,(H2,21,22,23,24). The zero-order valence-electron chi connectivity index (χ0n) is 12.5. The van der Waals surface area contributed by atoms with Gasteiger partial charge in [0.15, 0.2) is 5.82 Å². The van der Waals surface area contributed by atoms with Crippen LogP contribution in [-0.2, 0) is 0 Å². The minimum absolute atomic E-state index is 0.332. The molecular weight excluding hydrogens is 369 g/mol. The molecular formula is C16H12Cl3N5. The van der Waals surface area contributed by atoms with E-state index in [0.29, 0.717) is 32.5 Å². The first-order chi connectivity index (χ1) is 11.5. The number of halogens is 3. The van der Waals surface area contributed by atoms with Crippen molar-refractivity contribution in [3.63, 3.8) is 0 Å². The molecule has 24 heavy (non-hydrogen) atoms. The minimum Gasteiger partial charge on any atom is -0.339 e. The maximum atomic E-state index is 6.12. The molecule has 1 heterocycles. The Balaban J connectivity index is 1.81. The molecule has 1 aromatic heterocycles.